The van der Waals surface area contributed by atoms with Gasteiger partial charge in [-0.3, -0.25) is 9.52 Å². The number of anilines is 1. The van der Waals surface area contributed by atoms with Crippen LogP contribution in [-0.4, -0.2) is 30.8 Å². The Morgan fingerprint density at radius 2 is 1.86 bits per heavy atom. The lowest BCUT2D eigenvalue weighted by Gasteiger charge is -2.22. The van der Waals surface area contributed by atoms with Gasteiger partial charge in [-0.25, -0.2) is 13.4 Å². The lowest BCUT2D eigenvalue weighted by molar-refractivity contribution is 0.0747. The minimum absolute atomic E-state index is 0.0379. The van der Waals surface area contributed by atoms with Gasteiger partial charge < -0.3 is 4.90 Å². The van der Waals surface area contributed by atoms with E-state index in [4.69, 9.17) is 5.26 Å². The number of carbonyl (C=O) groups is 1. The van der Waals surface area contributed by atoms with E-state index in [-0.39, 0.29) is 28.9 Å². The Morgan fingerprint density at radius 1 is 1.14 bits per heavy atom. The average molecular weight is 427 g/mol. The van der Waals surface area contributed by atoms with E-state index in [0.717, 1.165) is 5.56 Å². The Kier molecular flexibility index (Phi) is 6.59. The molecule has 2 aromatic carbocycles. The molecular weight excluding hydrogens is 408 g/mol. The summed E-state index contributed by atoms with van der Waals surface area (Å²) in [7, 11) is -3.78. The van der Waals surface area contributed by atoms with E-state index >= 15 is 0 Å². The number of nitrogens with one attached hydrogen (secondary N) is 1. The summed E-state index contributed by atoms with van der Waals surface area (Å²) in [4.78, 5) is 18.4. The molecule has 0 unspecified atom stereocenters. The van der Waals surface area contributed by atoms with E-state index in [0.29, 0.717) is 12.1 Å². The van der Waals surface area contributed by atoms with Crippen LogP contribution in [0, 0.1) is 11.3 Å². The van der Waals surface area contributed by atoms with Gasteiger partial charge in [0.1, 0.15) is 0 Å². The minimum atomic E-state index is -3.78. The number of rotatable bonds is 8. The SMILES string of the molecule is N#CCCN(Cc1ccccc1)C(=O)c1ccc(S(=O)(=O)Nc2nccs2)cc1. The molecule has 0 bridgehead atoms. The number of amides is 1. The van der Waals surface area contributed by atoms with Crippen LogP contribution in [0.5, 0.6) is 0 Å². The standard InChI is InChI=1S/C20H18N4O3S2/c21-11-4-13-24(15-16-5-2-1-3-6-16)19(25)17-7-9-18(10-8-17)29(26,27)23-20-22-12-14-28-20/h1-3,5-10,12,14H,4,13,15H2,(H,22,23). The molecular formula is C20H18N4O3S2. The number of sulfonamides is 1. The summed E-state index contributed by atoms with van der Waals surface area (Å²) in [5.41, 5.74) is 1.30. The minimum Gasteiger partial charge on any atom is -0.333 e. The number of aromatic nitrogens is 1. The van der Waals surface area contributed by atoms with Gasteiger partial charge in [-0.2, -0.15) is 5.26 Å². The van der Waals surface area contributed by atoms with Crippen molar-refractivity contribution in [1.29, 1.82) is 5.26 Å². The number of carbonyl (C=O) groups excluding carboxylic acids is 1. The van der Waals surface area contributed by atoms with Crippen molar-refractivity contribution in [2.24, 2.45) is 0 Å². The van der Waals surface area contributed by atoms with Crippen molar-refractivity contribution >= 4 is 32.4 Å². The second-order valence-electron chi connectivity index (χ2n) is 6.09. The van der Waals surface area contributed by atoms with E-state index < -0.39 is 10.0 Å². The number of nitrogens with zero attached hydrogens (tertiary/aromatic N) is 3. The summed E-state index contributed by atoms with van der Waals surface area (Å²) >= 11 is 1.18. The molecule has 9 heteroatoms. The molecule has 0 aliphatic carbocycles. The summed E-state index contributed by atoms with van der Waals surface area (Å²) in [5.74, 6) is -0.263. The van der Waals surface area contributed by atoms with Crippen LogP contribution < -0.4 is 4.72 Å². The van der Waals surface area contributed by atoms with Crippen LogP contribution in [0.1, 0.15) is 22.3 Å². The van der Waals surface area contributed by atoms with E-state index in [1.54, 1.807) is 10.3 Å². The van der Waals surface area contributed by atoms with Crippen molar-refractivity contribution in [1.82, 2.24) is 9.88 Å². The molecule has 0 atom stereocenters. The zero-order valence-electron chi connectivity index (χ0n) is 15.4. The van der Waals surface area contributed by atoms with Gasteiger partial charge in [0.25, 0.3) is 15.9 Å². The van der Waals surface area contributed by atoms with Crippen molar-refractivity contribution in [3.8, 4) is 6.07 Å². The molecule has 0 aliphatic heterocycles. The van der Waals surface area contributed by atoms with Gasteiger partial charge in [-0.15, -0.1) is 11.3 Å². The Labute approximate surface area is 173 Å². The molecule has 7 nitrogen and oxygen atoms in total. The summed E-state index contributed by atoms with van der Waals surface area (Å²) in [6.07, 6.45) is 1.72. The molecule has 29 heavy (non-hydrogen) atoms. The molecule has 3 aromatic rings. The zero-order chi connectivity index (χ0) is 20.7. The van der Waals surface area contributed by atoms with E-state index in [2.05, 4.69) is 15.8 Å². The van der Waals surface area contributed by atoms with Crippen LogP contribution in [0.4, 0.5) is 5.13 Å². The maximum Gasteiger partial charge on any atom is 0.263 e. The van der Waals surface area contributed by atoms with Gasteiger partial charge >= 0.3 is 0 Å². The third kappa shape index (κ3) is 5.40. The first-order valence-corrected chi connectivity index (χ1v) is 11.1. The van der Waals surface area contributed by atoms with Crippen LogP contribution in [0.15, 0.2) is 71.1 Å². The lowest BCUT2D eigenvalue weighted by Crippen LogP contribution is -2.31. The summed E-state index contributed by atoms with van der Waals surface area (Å²) in [6, 6.07) is 17.3. The molecule has 0 fully saturated rings. The van der Waals surface area contributed by atoms with Gasteiger partial charge in [0.2, 0.25) is 0 Å². The summed E-state index contributed by atoms with van der Waals surface area (Å²) in [6.45, 7) is 0.656. The smallest absolute Gasteiger partial charge is 0.263 e. The van der Waals surface area contributed by atoms with E-state index in [1.165, 1.54) is 41.8 Å². The molecule has 1 N–H and O–H groups in total. The molecule has 0 saturated heterocycles. The second-order valence-corrected chi connectivity index (χ2v) is 8.66. The molecule has 0 radical (unpaired) electrons. The molecule has 0 aliphatic rings. The van der Waals surface area contributed by atoms with E-state index in [9.17, 15) is 13.2 Å². The van der Waals surface area contributed by atoms with Gasteiger partial charge in [0, 0.05) is 30.2 Å². The molecule has 1 aromatic heterocycles. The summed E-state index contributed by atoms with van der Waals surface area (Å²) in [5, 5.41) is 10.8. The third-order valence-corrected chi connectivity index (χ3v) is 6.24. The lowest BCUT2D eigenvalue weighted by atomic mass is 10.1. The number of hydrogen-bond donors (Lipinski definition) is 1. The normalized spacial score (nSPS) is 10.9. The molecule has 3 rings (SSSR count). The first-order chi connectivity index (χ1) is 14.0. The Hall–Kier alpha value is -3.22. The highest BCUT2D eigenvalue weighted by Crippen LogP contribution is 2.19. The largest absolute Gasteiger partial charge is 0.333 e. The van der Waals surface area contributed by atoms with Gasteiger partial charge in [-0.1, -0.05) is 30.3 Å². The fourth-order valence-electron chi connectivity index (χ4n) is 2.65. The first-order valence-electron chi connectivity index (χ1n) is 8.72. The first kappa shape index (κ1) is 20.5. The fourth-order valence-corrected chi connectivity index (χ4v) is 4.44. The number of benzene rings is 2. The van der Waals surface area contributed by atoms with Crippen molar-refractivity contribution in [2.45, 2.75) is 17.9 Å². The fraction of sp³-hybridized carbons (Fsp3) is 0.150. The molecule has 0 saturated carbocycles. The van der Waals surface area contributed by atoms with Crippen LogP contribution >= 0.6 is 11.3 Å². The van der Waals surface area contributed by atoms with Crippen molar-refractivity contribution in [3.05, 3.63) is 77.3 Å². The van der Waals surface area contributed by atoms with Crippen molar-refractivity contribution in [2.75, 3.05) is 11.3 Å². The Balaban J connectivity index is 1.77. The highest BCUT2D eigenvalue weighted by molar-refractivity contribution is 7.93. The predicted molar refractivity (Wildman–Crippen MR) is 111 cm³/mol. The molecule has 148 valence electrons. The Bertz CT molecular complexity index is 1090. The van der Waals surface area contributed by atoms with Crippen LogP contribution in [0.25, 0.3) is 0 Å². The van der Waals surface area contributed by atoms with Gasteiger partial charge in [-0.05, 0) is 29.8 Å². The predicted octanol–water partition coefficient (Wildman–Crippen LogP) is 3.50. The second kappa shape index (κ2) is 9.32. The highest BCUT2D eigenvalue weighted by Gasteiger charge is 2.19. The molecule has 1 heterocycles. The van der Waals surface area contributed by atoms with Crippen LogP contribution in [0.2, 0.25) is 0 Å². The zero-order valence-corrected chi connectivity index (χ0v) is 17.0. The van der Waals surface area contributed by atoms with E-state index in [1.807, 2.05) is 30.3 Å². The van der Waals surface area contributed by atoms with Crippen LogP contribution in [0.3, 0.4) is 0 Å². The number of hydrogen-bond acceptors (Lipinski definition) is 6. The van der Waals surface area contributed by atoms with Crippen molar-refractivity contribution in [3.63, 3.8) is 0 Å². The van der Waals surface area contributed by atoms with Gasteiger partial charge in [0.15, 0.2) is 5.13 Å². The summed E-state index contributed by atoms with van der Waals surface area (Å²) < 4.78 is 27.2. The average Bonchev–Trinajstić information content (AvgIpc) is 3.24. The van der Waals surface area contributed by atoms with Gasteiger partial charge in [0.05, 0.1) is 17.4 Å². The van der Waals surface area contributed by atoms with Crippen molar-refractivity contribution < 1.29 is 13.2 Å². The molecule has 0 spiro atoms. The quantitative estimate of drug-likeness (QED) is 0.594. The third-order valence-electron chi connectivity index (χ3n) is 4.06. The molecule has 1 amide bonds. The number of nitriles is 1. The Morgan fingerprint density at radius 3 is 2.48 bits per heavy atom. The number of thiazole rings is 1. The maximum absolute atomic E-state index is 12.9. The maximum atomic E-state index is 12.9. The monoisotopic (exact) mass is 426 g/mol. The topological polar surface area (TPSA) is 103 Å². The highest BCUT2D eigenvalue weighted by atomic mass is 32.2. The van der Waals surface area contributed by atoms with Crippen LogP contribution in [-0.2, 0) is 16.6 Å².